The van der Waals surface area contributed by atoms with Gasteiger partial charge in [-0.25, -0.2) is 4.98 Å². The first kappa shape index (κ1) is 14.7. The van der Waals surface area contributed by atoms with E-state index in [1.54, 1.807) is 0 Å². The van der Waals surface area contributed by atoms with E-state index in [0.29, 0.717) is 0 Å². The minimum Gasteiger partial charge on any atom is -0.493 e. The van der Waals surface area contributed by atoms with Gasteiger partial charge in [-0.15, -0.1) is 13.2 Å². The minimum atomic E-state index is -5.29. The molecule has 0 aromatic carbocycles. The molecule has 0 aliphatic carbocycles. The van der Waals surface area contributed by atoms with E-state index < -0.39 is 34.8 Å². The van der Waals surface area contributed by atoms with Gasteiger partial charge in [0, 0.05) is 0 Å². The number of ether oxygens (including phenoxy) is 2. The predicted molar refractivity (Wildman–Crippen MR) is 47.5 cm³/mol. The number of pyridine rings is 1. The van der Waals surface area contributed by atoms with Crippen molar-refractivity contribution < 1.29 is 35.8 Å². The molecule has 18 heavy (non-hydrogen) atoms. The summed E-state index contributed by atoms with van der Waals surface area (Å²) in [5.74, 6) is -2.57. The summed E-state index contributed by atoms with van der Waals surface area (Å²) in [6.45, 7) is 0. The molecular formula is C8H4ClF6NO2. The van der Waals surface area contributed by atoms with E-state index in [0.717, 1.165) is 7.11 Å². The van der Waals surface area contributed by atoms with Crippen molar-refractivity contribution in [2.45, 2.75) is 12.5 Å². The molecule has 0 saturated carbocycles. The fraction of sp³-hybridized carbons (Fsp3) is 0.375. The molecule has 0 atom stereocenters. The number of nitrogens with zero attached hydrogens (tertiary/aromatic N) is 1. The third kappa shape index (κ3) is 3.31. The normalized spacial score (nSPS) is 12.4. The fourth-order valence-electron chi connectivity index (χ4n) is 1.11. The van der Waals surface area contributed by atoms with Gasteiger partial charge in [-0.1, -0.05) is 11.6 Å². The highest BCUT2D eigenvalue weighted by atomic mass is 35.5. The molecular weight excluding hydrogens is 292 g/mol. The lowest BCUT2D eigenvalue weighted by Crippen LogP contribution is -2.21. The van der Waals surface area contributed by atoms with E-state index in [1.807, 2.05) is 0 Å². The van der Waals surface area contributed by atoms with Crippen LogP contribution >= 0.6 is 11.6 Å². The summed E-state index contributed by atoms with van der Waals surface area (Å²) in [5.41, 5.74) is -1.78. The van der Waals surface area contributed by atoms with Gasteiger partial charge in [-0.3, -0.25) is 0 Å². The van der Waals surface area contributed by atoms with Crippen molar-refractivity contribution in [2.24, 2.45) is 0 Å². The maximum absolute atomic E-state index is 12.6. The number of aromatic nitrogens is 1. The summed E-state index contributed by atoms with van der Waals surface area (Å²) in [4.78, 5) is 3.12. The van der Waals surface area contributed by atoms with E-state index >= 15 is 0 Å². The Morgan fingerprint density at radius 3 is 2.11 bits per heavy atom. The second kappa shape index (κ2) is 4.71. The second-order valence-corrected chi connectivity index (χ2v) is 3.23. The zero-order valence-electron chi connectivity index (χ0n) is 8.49. The number of alkyl halides is 6. The number of hydrogen-bond donors (Lipinski definition) is 0. The van der Waals surface area contributed by atoms with Crippen molar-refractivity contribution in [3.8, 4) is 11.5 Å². The molecule has 0 radical (unpaired) electrons. The molecule has 1 heterocycles. The Morgan fingerprint density at radius 2 is 1.72 bits per heavy atom. The molecule has 0 amide bonds. The Balaban J connectivity index is 3.43. The van der Waals surface area contributed by atoms with Gasteiger partial charge in [0.25, 0.3) is 0 Å². The van der Waals surface area contributed by atoms with Gasteiger partial charge in [-0.2, -0.15) is 13.2 Å². The lowest BCUT2D eigenvalue weighted by molar-refractivity contribution is -0.276. The Kier molecular flexibility index (Phi) is 3.84. The average Bonchev–Trinajstić information content (AvgIpc) is 2.16. The Morgan fingerprint density at radius 1 is 1.17 bits per heavy atom. The zero-order chi connectivity index (χ0) is 14.1. The highest BCUT2D eigenvalue weighted by Gasteiger charge is 2.43. The SMILES string of the molecule is COc1c(Cl)ncc(OC(F)(F)F)c1C(F)(F)F. The van der Waals surface area contributed by atoms with Crippen LogP contribution in [-0.4, -0.2) is 18.5 Å². The molecule has 1 aromatic heterocycles. The molecule has 0 saturated heterocycles. The summed E-state index contributed by atoms with van der Waals surface area (Å²) in [5, 5.41) is -0.723. The Labute approximate surface area is 101 Å². The van der Waals surface area contributed by atoms with Crippen LogP contribution in [0, 0.1) is 0 Å². The van der Waals surface area contributed by atoms with Crippen molar-refractivity contribution in [1.82, 2.24) is 4.98 Å². The molecule has 102 valence electrons. The molecule has 0 aliphatic rings. The first-order valence-corrected chi connectivity index (χ1v) is 4.49. The van der Waals surface area contributed by atoms with Crippen LogP contribution in [-0.2, 0) is 6.18 Å². The Hall–Kier alpha value is -1.38. The topological polar surface area (TPSA) is 31.4 Å². The van der Waals surface area contributed by atoms with E-state index in [1.165, 1.54) is 0 Å². The maximum atomic E-state index is 12.6. The van der Waals surface area contributed by atoms with Gasteiger partial charge in [-0.05, 0) is 0 Å². The van der Waals surface area contributed by atoms with Crippen LogP contribution in [0.3, 0.4) is 0 Å². The van der Waals surface area contributed by atoms with Crippen molar-refractivity contribution in [2.75, 3.05) is 7.11 Å². The van der Waals surface area contributed by atoms with Crippen molar-refractivity contribution in [3.63, 3.8) is 0 Å². The van der Waals surface area contributed by atoms with Crippen molar-refractivity contribution in [1.29, 1.82) is 0 Å². The van der Waals surface area contributed by atoms with Crippen LogP contribution in [0.25, 0.3) is 0 Å². The molecule has 1 rings (SSSR count). The zero-order valence-corrected chi connectivity index (χ0v) is 9.24. The largest absolute Gasteiger partial charge is 0.573 e. The fourth-order valence-corrected chi connectivity index (χ4v) is 1.33. The molecule has 0 N–H and O–H groups in total. The van der Waals surface area contributed by atoms with Crippen LogP contribution in [0.2, 0.25) is 5.15 Å². The lowest BCUT2D eigenvalue weighted by Gasteiger charge is -2.17. The summed E-state index contributed by atoms with van der Waals surface area (Å²) < 4.78 is 81.3. The minimum absolute atomic E-state index is 0.223. The molecule has 1 aromatic rings. The highest BCUT2D eigenvalue weighted by Crippen LogP contribution is 2.45. The third-order valence-corrected chi connectivity index (χ3v) is 1.94. The van der Waals surface area contributed by atoms with E-state index in [9.17, 15) is 26.3 Å². The molecule has 0 bridgehead atoms. The molecule has 0 spiro atoms. The lowest BCUT2D eigenvalue weighted by atomic mass is 10.2. The summed E-state index contributed by atoms with van der Waals surface area (Å²) in [6.07, 6.45) is -10.2. The standard InChI is InChI=1S/C8H4ClF6NO2/c1-17-5-4(7(10,11)12)3(2-16-6(5)9)18-8(13,14)15/h2H,1H3. The molecule has 3 nitrogen and oxygen atoms in total. The van der Waals surface area contributed by atoms with Crippen LogP contribution in [0.4, 0.5) is 26.3 Å². The van der Waals surface area contributed by atoms with Crippen LogP contribution in [0.15, 0.2) is 6.20 Å². The van der Waals surface area contributed by atoms with Gasteiger partial charge in [0.1, 0.15) is 5.56 Å². The van der Waals surface area contributed by atoms with Crippen LogP contribution in [0.1, 0.15) is 5.56 Å². The second-order valence-electron chi connectivity index (χ2n) is 2.87. The van der Waals surface area contributed by atoms with Gasteiger partial charge < -0.3 is 9.47 Å². The van der Waals surface area contributed by atoms with Gasteiger partial charge in [0.2, 0.25) is 0 Å². The molecule has 0 fully saturated rings. The molecule has 10 heteroatoms. The van der Waals surface area contributed by atoms with E-state index in [-0.39, 0.29) is 6.20 Å². The monoisotopic (exact) mass is 295 g/mol. The highest BCUT2D eigenvalue weighted by molar-refractivity contribution is 6.31. The first-order valence-electron chi connectivity index (χ1n) is 4.11. The number of halogens is 7. The third-order valence-electron chi connectivity index (χ3n) is 1.67. The number of methoxy groups -OCH3 is 1. The van der Waals surface area contributed by atoms with Crippen molar-refractivity contribution >= 4 is 11.6 Å². The van der Waals surface area contributed by atoms with Crippen LogP contribution < -0.4 is 9.47 Å². The van der Waals surface area contributed by atoms with Gasteiger partial charge in [0.15, 0.2) is 16.7 Å². The van der Waals surface area contributed by atoms with E-state index in [4.69, 9.17) is 11.6 Å². The van der Waals surface area contributed by atoms with Gasteiger partial charge >= 0.3 is 12.5 Å². The maximum Gasteiger partial charge on any atom is 0.573 e. The molecule has 0 unspecified atom stereocenters. The Bertz CT molecular complexity index is 444. The summed E-state index contributed by atoms with van der Waals surface area (Å²) >= 11 is 5.31. The van der Waals surface area contributed by atoms with Crippen LogP contribution in [0.5, 0.6) is 11.5 Å². The average molecular weight is 296 g/mol. The number of rotatable bonds is 2. The summed E-state index contributed by atoms with van der Waals surface area (Å²) in [7, 11) is 0.815. The first-order chi connectivity index (χ1) is 8.06. The van der Waals surface area contributed by atoms with Crippen molar-refractivity contribution in [3.05, 3.63) is 16.9 Å². The predicted octanol–water partition coefficient (Wildman–Crippen LogP) is 3.66. The van der Waals surface area contributed by atoms with Gasteiger partial charge in [0.05, 0.1) is 13.3 Å². The smallest absolute Gasteiger partial charge is 0.493 e. The molecule has 0 aliphatic heterocycles. The van der Waals surface area contributed by atoms with E-state index in [2.05, 4.69) is 14.5 Å². The quantitative estimate of drug-likeness (QED) is 0.616. The summed E-state index contributed by atoms with van der Waals surface area (Å²) in [6, 6.07) is 0. The number of hydrogen-bond acceptors (Lipinski definition) is 3.